The minimum atomic E-state index is -5.79. The van der Waals surface area contributed by atoms with E-state index < -0.39 is 36.8 Å². The summed E-state index contributed by atoms with van der Waals surface area (Å²) in [6.45, 7) is 0.663. The zero-order valence-electron chi connectivity index (χ0n) is 25.5. The zero-order valence-corrected chi connectivity index (χ0v) is 26.4. The number of rotatable bonds is 6. The van der Waals surface area contributed by atoms with E-state index in [4.69, 9.17) is 9.79 Å². The number of hydrogen-bond donors (Lipinski definition) is 3. The van der Waals surface area contributed by atoms with Crippen LogP contribution in [-0.4, -0.2) is 68.5 Å². The van der Waals surface area contributed by atoms with Gasteiger partial charge in [-0.25, -0.2) is 0 Å². The van der Waals surface area contributed by atoms with E-state index in [-0.39, 0.29) is 47.2 Å². The largest absolute Gasteiger partial charge is 0.399 e. The minimum absolute atomic E-state index is 0.0844. The lowest BCUT2D eigenvalue weighted by Gasteiger charge is -2.36. The van der Waals surface area contributed by atoms with Crippen LogP contribution in [0.5, 0.6) is 0 Å². The molecule has 0 aromatic heterocycles. The SMILES string of the molecule is N#C[C@H]1CN(C(=O)[C@@H]2CC[C@@H]3CCCC[C@H](NC(=O)c4ccc5ccc(C(F)(F)P(=O)(O)O)cc5c4)C(=O)N32)CC1c1ccccc1. The summed E-state index contributed by atoms with van der Waals surface area (Å²) in [6.07, 6.45) is 3.75. The number of nitrogens with one attached hydrogen (secondary N) is 1. The van der Waals surface area contributed by atoms with Crippen LogP contribution in [0.4, 0.5) is 8.78 Å². The van der Waals surface area contributed by atoms with Crippen molar-refractivity contribution in [3.8, 4) is 6.07 Å². The number of carbonyl (C=O) groups is 3. The normalized spacial score (nSPS) is 25.2. The van der Waals surface area contributed by atoms with Gasteiger partial charge < -0.3 is 24.9 Å². The van der Waals surface area contributed by atoms with Gasteiger partial charge in [0.15, 0.2) is 0 Å². The number of halogens is 2. The molecule has 47 heavy (non-hydrogen) atoms. The fourth-order valence-corrected chi connectivity index (χ4v) is 7.73. The molecular weight excluding hydrogens is 629 g/mol. The maximum absolute atomic E-state index is 14.4. The molecule has 0 saturated carbocycles. The highest BCUT2D eigenvalue weighted by Crippen LogP contribution is 2.59. The first-order valence-electron chi connectivity index (χ1n) is 15.7. The Morgan fingerprint density at radius 2 is 1.66 bits per heavy atom. The van der Waals surface area contributed by atoms with E-state index in [1.165, 1.54) is 24.3 Å². The molecule has 6 rings (SSSR count). The predicted molar refractivity (Wildman–Crippen MR) is 168 cm³/mol. The number of likely N-dealkylation sites (tertiary alicyclic amines) is 1. The molecule has 0 bridgehead atoms. The summed E-state index contributed by atoms with van der Waals surface area (Å²) >= 11 is 0. The third-order valence-electron chi connectivity index (χ3n) is 9.77. The number of benzene rings is 3. The van der Waals surface area contributed by atoms with Crippen LogP contribution in [0.1, 0.15) is 65.9 Å². The van der Waals surface area contributed by atoms with Crippen molar-refractivity contribution in [1.29, 1.82) is 5.26 Å². The summed E-state index contributed by atoms with van der Waals surface area (Å²) in [7, 11) is -5.79. The lowest BCUT2D eigenvalue weighted by Crippen LogP contribution is -2.56. The van der Waals surface area contributed by atoms with Crippen molar-refractivity contribution in [2.75, 3.05) is 13.1 Å². The summed E-state index contributed by atoms with van der Waals surface area (Å²) in [4.78, 5) is 63.1. The average molecular weight is 665 g/mol. The first-order chi connectivity index (χ1) is 22.4. The van der Waals surface area contributed by atoms with Crippen molar-refractivity contribution in [2.24, 2.45) is 5.92 Å². The van der Waals surface area contributed by atoms with Crippen molar-refractivity contribution < 1.29 is 37.5 Å². The Hall–Kier alpha value is -4.17. The van der Waals surface area contributed by atoms with Gasteiger partial charge in [0.25, 0.3) is 5.91 Å². The molecule has 3 fully saturated rings. The summed E-state index contributed by atoms with van der Waals surface area (Å²) in [6, 6.07) is 17.7. The molecular formula is C34H35F2N4O6P. The van der Waals surface area contributed by atoms with Gasteiger partial charge in [-0.3, -0.25) is 18.9 Å². The fraction of sp³-hybridized carbons (Fsp3) is 0.412. The molecule has 3 aromatic rings. The number of hydrogen-bond acceptors (Lipinski definition) is 5. The van der Waals surface area contributed by atoms with Gasteiger partial charge >= 0.3 is 13.3 Å². The summed E-state index contributed by atoms with van der Waals surface area (Å²) < 4.78 is 40.1. The van der Waals surface area contributed by atoms with E-state index >= 15 is 0 Å². The highest BCUT2D eigenvalue weighted by atomic mass is 31.2. The second kappa shape index (κ2) is 12.8. The Morgan fingerprint density at radius 3 is 2.38 bits per heavy atom. The van der Waals surface area contributed by atoms with E-state index in [1.807, 2.05) is 30.3 Å². The lowest BCUT2D eigenvalue weighted by atomic mass is 9.90. The standard InChI is InChI=1S/C34H35F2N4O6P/c35-34(36,47(44,45)46)26-13-12-21-10-11-23(16-24(21)17-26)31(41)38-29-9-5-4-8-27-14-15-30(40(27)32(29)42)33(43)39-19-25(18-37)28(20-39)22-6-2-1-3-7-22/h1-3,6-7,10-13,16-17,25,27-30H,4-5,8-9,14-15,19-20H2,(H,38,41)(H2,44,45,46)/t25-,27-,28?,29-,30-/m0/s1. The maximum atomic E-state index is 14.4. The summed E-state index contributed by atoms with van der Waals surface area (Å²) in [5.74, 6) is -1.65. The number of nitriles is 1. The molecule has 246 valence electrons. The molecule has 3 saturated heterocycles. The van der Waals surface area contributed by atoms with Gasteiger partial charge in [0.05, 0.1) is 12.0 Å². The highest BCUT2D eigenvalue weighted by Gasteiger charge is 2.50. The summed E-state index contributed by atoms with van der Waals surface area (Å²) in [5, 5.41) is 13.3. The van der Waals surface area contributed by atoms with Crippen molar-refractivity contribution in [1.82, 2.24) is 15.1 Å². The number of nitrogens with zero attached hydrogens (tertiary/aromatic N) is 3. The molecule has 0 aliphatic carbocycles. The Balaban J connectivity index is 1.20. The van der Waals surface area contributed by atoms with Gasteiger partial charge in [-0.05, 0) is 60.2 Å². The van der Waals surface area contributed by atoms with Crippen LogP contribution in [-0.2, 0) is 19.8 Å². The molecule has 3 aromatic carbocycles. The van der Waals surface area contributed by atoms with Crippen LogP contribution >= 0.6 is 7.60 Å². The maximum Gasteiger partial charge on any atom is 0.399 e. The Kier molecular flexibility index (Phi) is 8.92. The predicted octanol–water partition coefficient (Wildman–Crippen LogP) is 4.86. The minimum Gasteiger partial charge on any atom is -0.340 e. The molecule has 0 radical (unpaired) electrons. The van der Waals surface area contributed by atoms with Gasteiger partial charge in [-0.1, -0.05) is 61.4 Å². The molecule has 1 unspecified atom stereocenters. The van der Waals surface area contributed by atoms with Crippen LogP contribution in [0, 0.1) is 17.2 Å². The second-order valence-electron chi connectivity index (χ2n) is 12.7. The van der Waals surface area contributed by atoms with E-state index in [2.05, 4.69) is 11.4 Å². The van der Waals surface area contributed by atoms with Crippen LogP contribution in [0.15, 0.2) is 66.7 Å². The molecule has 5 atom stereocenters. The Bertz CT molecular complexity index is 1790. The quantitative estimate of drug-likeness (QED) is 0.319. The Morgan fingerprint density at radius 1 is 0.936 bits per heavy atom. The molecule has 3 heterocycles. The van der Waals surface area contributed by atoms with Crippen molar-refractivity contribution >= 4 is 36.1 Å². The zero-order chi connectivity index (χ0) is 33.5. The van der Waals surface area contributed by atoms with E-state index in [0.29, 0.717) is 37.6 Å². The number of fused-ring (bicyclic) bond motifs is 2. The first-order valence-corrected chi connectivity index (χ1v) is 17.3. The number of carbonyl (C=O) groups excluding carboxylic acids is 3. The third-order valence-corrected chi connectivity index (χ3v) is 10.8. The fourth-order valence-electron chi connectivity index (χ4n) is 7.26. The van der Waals surface area contributed by atoms with Crippen molar-refractivity contribution in [2.45, 2.75) is 68.2 Å². The van der Waals surface area contributed by atoms with Crippen LogP contribution in [0.2, 0.25) is 0 Å². The van der Waals surface area contributed by atoms with E-state index in [0.717, 1.165) is 30.5 Å². The van der Waals surface area contributed by atoms with Crippen LogP contribution in [0.25, 0.3) is 10.8 Å². The van der Waals surface area contributed by atoms with Gasteiger partial charge in [-0.15, -0.1) is 0 Å². The van der Waals surface area contributed by atoms with Crippen LogP contribution in [0.3, 0.4) is 0 Å². The lowest BCUT2D eigenvalue weighted by molar-refractivity contribution is -0.146. The average Bonchev–Trinajstić information content (AvgIpc) is 3.68. The monoisotopic (exact) mass is 664 g/mol. The number of alkyl halides is 2. The molecule has 10 nitrogen and oxygen atoms in total. The van der Waals surface area contributed by atoms with E-state index in [1.54, 1.807) is 9.80 Å². The smallest absolute Gasteiger partial charge is 0.340 e. The first kappa shape index (κ1) is 32.8. The second-order valence-corrected chi connectivity index (χ2v) is 14.3. The molecule has 0 spiro atoms. The van der Waals surface area contributed by atoms with Gasteiger partial charge in [-0.2, -0.15) is 14.0 Å². The highest BCUT2D eigenvalue weighted by molar-refractivity contribution is 7.52. The molecule has 3 aliphatic heterocycles. The van der Waals surface area contributed by atoms with Gasteiger partial charge in [0.1, 0.15) is 12.1 Å². The van der Waals surface area contributed by atoms with Crippen LogP contribution < -0.4 is 5.32 Å². The van der Waals surface area contributed by atoms with Gasteiger partial charge in [0.2, 0.25) is 11.8 Å². The van der Waals surface area contributed by atoms with E-state index in [9.17, 15) is 33.0 Å². The molecule has 3 aliphatic rings. The third kappa shape index (κ3) is 6.28. The van der Waals surface area contributed by atoms with Gasteiger partial charge in [0, 0.05) is 36.2 Å². The number of amides is 3. The molecule has 3 amide bonds. The van der Waals surface area contributed by atoms with Crippen molar-refractivity contribution in [3.05, 3.63) is 83.4 Å². The molecule has 13 heteroatoms. The topological polar surface area (TPSA) is 151 Å². The summed E-state index contributed by atoms with van der Waals surface area (Å²) in [5.41, 5.74) is -4.21. The molecule has 3 N–H and O–H groups in total. The van der Waals surface area contributed by atoms with Crippen molar-refractivity contribution in [3.63, 3.8) is 0 Å². The Labute approximate surface area is 270 Å².